The van der Waals surface area contributed by atoms with Crippen molar-refractivity contribution in [2.45, 2.75) is 31.7 Å². The molecule has 1 aliphatic heterocycles. The fourth-order valence-electron chi connectivity index (χ4n) is 3.56. The van der Waals surface area contributed by atoms with Crippen LogP contribution in [0, 0.1) is 11.6 Å². The monoisotopic (exact) mass is 399 g/mol. The van der Waals surface area contributed by atoms with Gasteiger partial charge in [0, 0.05) is 26.1 Å². The molecule has 1 saturated heterocycles. The molecule has 3 rings (SSSR count). The summed E-state index contributed by atoms with van der Waals surface area (Å²) in [5, 5.41) is 8.35. The molecule has 1 aromatic carbocycles. The summed E-state index contributed by atoms with van der Waals surface area (Å²) in [6, 6.07) is 3.51. The normalized spacial score (nSPS) is 19.3. The summed E-state index contributed by atoms with van der Waals surface area (Å²) in [5.41, 5.74) is 0.758. The summed E-state index contributed by atoms with van der Waals surface area (Å²) in [4.78, 5) is 2.04. The van der Waals surface area contributed by atoms with Crippen LogP contribution in [0.25, 0.3) is 0 Å². The number of nitrogens with zero attached hydrogens (tertiary/aromatic N) is 4. The number of halogens is 2. The van der Waals surface area contributed by atoms with Crippen LogP contribution >= 0.6 is 0 Å². The molecule has 1 aliphatic rings. The van der Waals surface area contributed by atoms with Gasteiger partial charge < -0.3 is 4.90 Å². The summed E-state index contributed by atoms with van der Waals surface area (Å²) in [6.45, 7) is 3.07. The Kier molecular flexibility index (Phi) is 5.48. The third-order valence-corrected chi connectivity index (χ3v) is 5.56. The highest BCUT2D eigenvalue weighted by Crippen LogP contribution is 2.30. The van der Waals surface area contributed by atoms with Crippen molar-refractivity contribution in [3.05, 3.63) is 41.2 Å². The van der Waals surface area contributed by atoms with Gasteiger partial charge in [0.1, 0.15) is 0 Å². The summed E-state index contributed by atoms with van der Waals surface area (Å²) >= 11 is 0. The van der Waals surface area contributed by atoms with Crippen molar-refractivity contribution in [2.75, 3.05) is 24.2 Å². The third kappa shape index (κ3) is 4.44. The number of sulfonamides is 1. The number of hydrogen-bond donors (Lipinski definition) is 1. The molecule has 2 atom stereocenters. The number of piperidine rings is 1. The van der Waals surface area contributed by atoms with E-state index < -0.39 is 27.7 Å². The molecule has 2 heterocycles. The third-order valence-electron chi connectivity index (χ3n) is 4.78. The van der Waals surface area contributed by atoms with E-state index in [-0.39, 0.29) is 5.92 Å². The van der Waals surface area contributed by atoms with Crippen LogP contribution in [0.5, 0.6) is 0 Å². The van der Waals surface area contributed by atoms with Crippen molar-refractivity contribution in [3.8, 4) is 0 Å². The van der Waals surface area contributed by atoms with E-state index in [9.17, 15) is 17.2 Å². The second-order valence-electron chi connectivity index (χ2n) is 6.99. The van der Waals surface area contributed by atoms with Crippen LogP contribution in [-0.2, 0) is 17.1 Å². The summed E-state index contributed by atoms with van der Waals surface area (Å²) in [7, 11) is -1.58. The molecule has 0 aliphatic carbocycles. The maximum Gasteiger partial charge on any atom is 0.227 e. The maximum absolute atomic E-state index is 13.6. The van der Waals surface area contributed by atoms with Gasteiger partial charge in [-0.15, -0.1) is 10.2 Å². The average molecular weight is 399 g/mol. The van der Waals surface area contributed by atoms with Crippen LogP contribution in [0.3, 0.4) is 0 Å². The largest absolute Gasteiger partial charge is 0.340 e. The van der Waals surface area contributed by atoms with E-state index in [1.807, 2.05) is 4.90 Å². The Balaban J connectivity index is 1.79. The van der Waals surface area contributed by atoms with E-state index in [1.165, 1.54) is 6.07 Å². The van der Waals surface area contributed by atoms with Gasteiger partial charge in [-0.3, -0.25) is 4.57 Å². The van der Waals surface area contributed by atoms with E-state index in [2.05, 4.69) is 14.9 Å². The zero-order valence-corrected chi connectivity index (χ0v) is 16.3. The molecule has 2 aromatic rings. The van der Waals surface area contributed by atoms with Gasteiger partial charge in [0.05, 0.1) is 12.3 Å². The lowest BCUT2D eigenvalue weighted by Gasteiger charge is -2.33. The molecular weight excluding hydrogens is 376 g/mol. The predicted molar refractivity (Wildman–Crippen MR) is 97.9 cm³/mol. The fourth-order valence-corrected chi connectivity index (χ4v) is 4.30. The summed E-state index contributed by atoms with van der Waals surface area (Å²) in [6.07, 6.45) is 2.85. The smallest absolute Gasteiger partial charge is 0.227 e. The van der Waals surface area contributed by atoms with Gasteiger partial charge in [-0.1, -0.05) is 6.07 Å². The molecule has 0 radical (unpaired) electrons. The van der Waals surface area contributed by atoms with Crippen LogP contribution in [0.4, 0.5) is 14.7 Å². The van der Waals surface area contributed by atoms with E-state index in [1.54, 1.807) is 24.6 Å². The Morgan fingerprint density at radius 3 is 2.67 bits per heavy atom. The maximum atomic E-state index is 13.6. The van der Waals surface area contributed by atoms with E-state index >= 15 is 0 Å². The molecule has 0 amide bonds. The first-order valence-electron chi connectivity index (χ1n) is 8.72. The zero-order valence-electron chi connectivity index (χ0n) is 15.5. The summed E-state index contributed by atoms with van der Waals surface area (Å²) in [5.74, 6) is -0.506. The Morgan fingerprint density at radius 2 is 2.00 bits per heavy atom. The fraction of sp³-hybridized carbons (Fsp3) is 0.529. The van der Waals surface area contributed by atoms with E-state index in [0.29, 0.717) is 18.3 Å². The molecule has 10 heteroatoms. The lowest BCUT2D eigenvalue weighted by molar-refractivity contribution is 0.482. The number of anilines is 1. The lowest BCUT2D eigenvalue weighted by Crippen LogP contribution is -2.36. The molecule has 0 bridgehead atoms. The first kappa shape index (κ1) is 19.7. The molecule has 148 valence electrons. The van der Waals surface area contributed by atoms with Crippen LogP contribution < -0.4 is 9.62 Å². The van der Waals surface area contributed by atoms with Gasteiger partial charge in [-0.05, 0) is 37.5 Å². The van der Waals surface area contributed by atoms with Crippen molar-refractivity contribution in [1.29, 1.82) is 0 Å². The molecule has 7 nitrogen and oxygen atoms in total. The molecule has 1 N–H and O–H groups in total. The van der Waals surface area contributed by atoms with Gasteiger partial charge in [0.15, 0.2) is 17.5 Å². The van der Waals surface area contributed by atoms with E-state index in [4.69, 9.17) is 0 Å². The quantitative estimate of drug-likeness (QED) is 0.833. The first-order chi connectivity index (χ1) is 12.7. The van der Waals surface area contributed by atoms with Crippen LogP contribution in [0.15, 0.2) is 18.2 Å². The lowest BCUT2D eigenvalue weighted by atomic mass is 9.90. The van der Waals surface area contributed by atoms with Crippen LogP contribution in [-0.4, -0.2) is 42.5 Å². The Morgan fingerprint density at radius 1 is 1.26 bits per heavy atom. The average Bonchev–Trinajstić information content (AvgIpc) is 2.97. The highest BCUT2D eigenvalue weighted by Gasteiger charge is 2.27. The molecule has 27 heavy (non-hydrogen) atoms. The molecule has 1 aromatic heterocycles. The van der Waals surface area contributed by atoms with Crippen LogP contribution in [0.1, 0.15) is 43.1 Å². The molecule has 2 unspecified atom stereocenters. The van der Waals surface area contributed by atoms with Gasteiger partial charge in [0.25, 0.3) is 0 Å². The molecule has 0 saturated carbocycles. The second kappa shape index (κ2) is 7.51. The Labute approximate surface area is 157 Å². The van der Waals surface area contributed by atoms with Gasteiger partial charge >= 0.3 is 0 Å². The molecular formula is C17H23F2N5O2S. The number of hydrogen-bond acceptors (Lipinski definition) is 5. The van der Waals surface area contributed by atoms with Crippen molar-refractivity contribution in [2.24, 2.45) is 7.05 Å². The Bertz CT molecular complexity index is 931. The van der Waals surface area contributed by atoms with Crippen molar-refractivity contribution in [3.63, 3.8) is 0 Å². The standard InChI is InChI=1S/C17H23F2N5O2S/c1-11(22-27(3,25)26)16-20-21-17(23(16)2)24-8-4-5-13(10-24)12-6-7-14(18)15(19)9-12/h6-7,9,11,13,22H,4-5,8,10H2,1-3H3. The highest BCUT2D eigenvalue weighted by atomic mass is 32.2. The molecule has 0 spiro atoms. The minimum atomic E-state index is -3.37. The minimum absolute atomic E-state index is 0.0561. The minimum Gasteiger partial charge on any atom is -0.340 e. The highest BCUT2D eigenvalue weighted by molar-refractivity contribution is 7.88. The molecule has 1 fully saturated rings. The van der Waals surface area contributed by atoms with Gasteiger partial charge in [-0.25, -0.2) is 21.9 Å². The van der Waals surface area contributed by atoms with Crippen LogP contribution in [0.2, 0.25) is 0 Å². The first-order valence-corrected chi connectivity index (χ1v) is 10.6. The summed E-state index contributed by atoms with van der Waals surface area (Å²) < 4.78 is 53.9. The SMILES string of the molecule is CC(NS(C)(=O)=O)c1nnc(N2CCCC(c3ccc(F)c(F)c3)C2)n1C. The number of rotatable bonds is 5. The number of aromatic nitrogens is 3. The van der Waals surface area contributed by atoms with Crippen molar-refractivity contribution in [1.82, 2.24) is 19.5 Å². The predicted octanol–water partition coefficient (Wildman–Crippen LogP) is 2.09. The zero-order chi connectivity index (χ0) is 19.8. The van der Waals surface area contributed by atoms with Gasteiger partial charge in [0.2, 0.25) is 16.0 Å². The second-order valence-corrected chi connectivity index (χ2v) is 8.77. The van der Waals surface area contributed by atoms with Crippen molar-refractivity contribution < 1.29 is 17.2 Å². The number of nitrogens with one attached hydrogen (secondary N) is 1. The Hall–Kier alpha value is -2.07. The van der Waals surface area contributed by atoms with E-state index in [0.717, 1.165) is 37.3 Å². The van der Waals surface area contributed by atoms with Gasteiger partial charge in [-0.2, -0.15) is 0 Å². The number of benzene rings is 1. The topological polar surface area (TPSA) is 80.1 Å². The van der Waals surface area contributed by atoms with Crippen molar-refractivity contribution >= 4 is 16.0 Å².